The van der Waals surface area contributed by atoms with E-state index in [0.29, 0.717) is 0 Å². The Morgan fingerprint density at radius 1 is 1.37 bits per heavy atom. The van der Waals surface area contributed by atoms with Crippen LogP contribution in [0.2, 0.25) is 0 Å². The minimum atomic E-state index is -0.162. The Bertz CT molecular complexity index is 639. The second-order valence-corrected chi connectivity index (χ2v) is 6.20. The highest BCUT2D eigenvalue weighted by Gasteiger charge is 2.41. The van der Waals surface area contributed by atoms with Crippen LogP contribution >= 0.6 is 11.3 Å². The van der Waals surface area contributed by atoms with Gasteiger partial charge in [-0.15, -0.1) is 11.3 Å². The van der Waals surface area contributed by atoms with Crippen LogP contribution in [-0.4, -0.2) is 6.10 Å². The summed E-state index contributed by atoms with van der Waals surface area (Å²) in [5, 5.41) is 4.11. The highest BCUT2D eigenvalue weighted by Crippen LogP contribution is 2.46. The SMILES string of the molecule is Cc1ccsc1[C@H]1C[C@@H]2Cc3cc(F)ccc3N1O2. The van der Waals surface area contributed by atoms with E-state index in [2.05, 4.69) is 18.4 Å². The first-order chi connectivity index (χ1) is 9.22. The Morgan fingerprint density at radius 2 is 2.26 bits per heavy atom. The van der Waals surface area contributed by atoms with Crippen LogP contribution in [-0.2, 0) is 11.3 Å². The first-order valence-electron chi connectivity index (χ1n) is 6.51. The van der Waals surface area contributed by atoms with E-state index in [1.807, 2.05) is 11.1 Å². The summed E-state index contributed by atoms with van der Waals surface area (Å²) in [4.78, 5) is 7.33. The van der Waals surface area contributed by atoms with Crippen LogP contribution in [0.3, 0.4) is 0 Å². The number of benzene rings is 1. The molecule has 0 spiro atoms. The summed E-state index contributed by atoms with van der Waals surface area (Å²) < 4.78 is 13.3. The van der Waals surface area contributed by atoms with Crippen molar-refractivity contribution < 1.29 is 9.23 Å². The molecule has 4 rings (SSSR count). The molecule has 0 amide bonds. The van der Waals surface area contributed by atoms with Gasteiger partial charge < -0.3 is 0 Å². The molecular weight excluding hydrogens is 261 g/mol. The Labute approximate surface area is 115 Å². The fourth-order valence-corrected chi connectivity index (χ4v) is 4.11. The van der Waals surface area contributed by atoms with Gasteiger partial charge in [-0.3, -0.25) is 4.84 Å². The van der Waals surface area contributed by atoms with Gasteiger partial charge in [-0.25, -0.2) is 9.45 Å². The van der Waals surface area contributed by atoms with Crippen LogP contribution in [0.1, 0.15) is 28.5 Å². The topological polar surface area (TPSA) is 12.5 Å². The molecule has 2 atom stereocenters. The van der Waals surface area contributed by atoms with E-state index in [-0.39, 0.29) is 18.0 Å². The first-order valence-corrected chi connectivity index (χ1v) is 7.39. The van der Waals surface area contributed by atoms with Gasteiger partial charge >= 0.3 is 0 Å². The van der Waals surface area contributed by atoms with Gasteiger partial charge in [-0.05, 0) is 47.7 Å². The third-order valence-electron chi connectivity index (χ3n) is 3.96. The lowest BCUT2D eigenvalue weighted by molar-refractivity contribution is 0.0734. The number of halogens is 1. The molecule has 2 nitrogen and oxygen atoms in total. The number of fused-ring (bicyclic) bond motifs is 4. The monoisotopic (exact) mass is 275 g/mol. The number of hydrogen-bond donors (Lipinski definition) is 0. The fourth-order valence-electron chi connectivity index (χ4n) is 3.08. The molecule has 4 heteroatoms. The lowest BCUT2D eigenvalue weighted by Crippen LogP contribution is -2.27. The third-order valence-corrected chi connectivity index (χ3v) is 5.08. The van der Waals surface area contributed by atoms with E-state index < -0.39 is 0 Å². The van der Waals surface area contributed by atoms with Crippen molar-refractivity contribution in [1.82, 2.24) is 0 Å². The normalized spacial score (nSPS) is 24.6. The number of aryl methyl sites for hydroxylation is 1. The third kappa shape index (κ3) is 1.70. The van der Waals surface area contributed by atoms with E-state index in [1.165, 1.54) is 16.5 Å². The van der Waals surface area contributed by atoms with Crippen molar-refractivity contribution in [1.29, 1.82) is 0 Å². The predicted molar refractivity (Wildman–Crippen MR) is 73.9 cm³/mol. The predicted octanol–water partition coefficient (Wildman–Crippen LogP) is 4.00. The number of rotatable bonds is 1. The Balaban J connectivity index is 1.79. The molecule has 1 fully saturated rings. The van der Waals surface area contributed by atoms with Gasteiger partial charge in [-0.2, -0.15) is 0 Å². The van der Waals surface area contributed by atoms with Crippen molar-refractivity contribution in [3.63, 3.8) is 0 Å². The van der Waals surface area contributed by atoms with E-state index in [4.69, 9.17) is 4.84 Å². The summed E-state index contributed by atoms with van der Waals surface area (Å²) in [6.45, 7) is 2.14. The van der Waals surface area contributed by atoms with Crippen LogP contribution in [0.4, 0.5) is 10.1 Å². The summed E-state index contributed by atoms with van der Waals surface area (Å²) in [5.41, 5.74) is 3.40. The smallest absolute Gasteiger partial charge is 0.123 e. The van der Waals surface area contributed by atoms with Gasteiger partial charge in [0.05, 0.1) is 17.8 Å². The molecule has 0 saturated carbocycles. The van der Waals surface area contributed by atoms with Crippen molar-refractivity contribution in [2.75, 3.05) is 5.06 Å². The largest absolute Gasteiger partial charge is 0.269 e. The Morgan fingerprint density at radius 3 is 3.05 bits per heavy atom. The maximum Gasteiger partial charge on any atom is 0.123 e. The number of nitrogens with zero attached hydrogens (tertiary/aromatic N) is 1. The van der Waals surface area contributed by atoms with Crippen LogP contribution in [0, 0.1) is 12.7 Å². The lowest BCUT2D eigenvalue weighted by Gasteiger charge is -2.29. The second-order valence-electron chi connectivity index (χ2n) is 5.25. The molecular formula is C15H14FNOS. The molecule has 1 aromatic heterocycles. The summed E-state index contributed by atoms with van der Waals surface area (Å²) in [6.07, 6.45) is 1.98. The van der Waals surface area contributed by atoms with E-state index >= 15 is 0 Å². The highest BCUT2D eigenvalue weighted by molar-refractivity contribution is 7.10. The molecule has 2 bridgehead atoms. The minimum Gasteiger partial charge on any atom is -0.269 e. The van der Waals surface area contributed by atoms with Crippen LogP contribution in [0.15, 0.2) is 29.6 Å². The van der Waals surface area contributed by atoms with Gasteiger partial charge in [0.25, 0.3) is 0 Å². The molecule has 3 heterocycles. The molecule has 1 aromatic carbocycles. The van der Waals surface area contributed by atoms with E-state index in [9.17, 15) is 4.39 Å². The molecule has 0 unspecified atom stereocenters. The molecule has 0 aliphatic carbocycles. The first kappa shape index (κ1) is 11.4. The summed E-state index contributed by atoms with van der Waals surface area (Å²) in [6, 6.07) is 7.41. The molecule has 2 aliphatic rings. The van der Waals surface area contributed by atoms with Crippen molar-refractivity contribution in [3.8, 4) is 0 Å². The molecule has 1 saturated heterocycles. The molecule has 0 N–H and O–H groups in total. The summed E-state index contributed by atoms with van der Waals surface area (Å²) >= 11 is 1.78. The molecule has 19 heavy (non-hydrogen) atoms. The average molecular weight is 275 g/mol. The van der Waals surface area contributed by atoms with Gasteiger partial charge in [0.1, 0.15) is 5.82 Å². The summed E-state index contributed by atoms with van der Waals surface area (Å²) in [7, 11) is 0. The van der Waals surface area contributed by atoms with Crippen molar-refractivity contribution >= 4 is 17.0 Å². The quantitative estimate of drug-likeness (QED) is 0.780. The van der Waals surface area contributed by atoms with Gasteiger partial charge in [0, 0.05) is 17.7 Å². The van der Waals surface area contributed by atoms with Crippen molar-refractivity contribution in [2.45, 2.75) is 31.9 Å². The van der Waals surface area contributed by atoms with E-state index in [1.54, 1.807) is 17.4 Å². The minimum absolute atomic E-state index is 0.162. The van der Waals surface area contributed by atoms with E-state index in [0.717, 1.165) is 24.1 Å². The highest BCUT2D eigenvalue weighted by atomic mass is 32.1. The lowest BCUT2D eigenvalue weighted by atomic mass is 10.0. The summed E-state index contributed by atoms with van der Waals surface area (Å²) in [5.74, 6) is -0.162. The second kappa shape index (κ2) is 4.05. The van der Waals surface area contributed by atoms with Crippen LogP contribution in [0.5, 0.6) is 0 Å². The molecule has 98 valence electrons. The maximum atomic E-state index is 13.3. The zero-order chi connectivity index (χ0) is 13.0. The number of hydroxylamine groups is 1. The fraction of sp³-hybridized carbons (Fsp3) is 0.333. The van der Waals surface area contributed by atoms with Crippen molar-refractivity contribution in [3.05, 3.63) is 51.5 Å². The maximum absolute atomic E-state index is 13.3. The van der Waals surface area contributed by atoms with Crippen LogP contribution < -0.4 is 5.06 Å². The number of hydrogen-bond acceptors (Lipinski definition) is 3. The van der Waals surface area contributed by atoms with Gasteiger partial charge in [0.15, 0.2) is 0 Å². The molecule has 0 radical (unpaired) electrons. The average Bonchev–Trinajstić information content (AvgIpc) is 2.94. The number of thiophene rings is 1. The van der Waals surface area contributed by atoms with Crippen LogP contribution in [0.25, 0.3) is 0 Å². The molecule has 2 aromatic rings. The van der Waals surface area contributed by atoms with Gasteiger partial charge in [-0.1, -0.05) is 0 Å². The molecule has 2 aliphatic heterocycles. The Hall–Kier alpha value is -1.39. The zero-order valence-electron chi connectivity index (χ0n) is 10.6. The zero-order valence-corrected chi connectivity index (χ0v) is 11.4. The Kier molecular flexibility index (Phi) is 2.44. The van der Waals surface area contributed by atoms with Crippen molar-refractivity contribution in [2.24, 2.45) is 0 Å². The number of anilines is 1. The van der Waals surface area contributed by atoms with Gasteiger partial charge in [0.2, 0.25) is 0 Å². The standard InChI is InChI=1S/C15H14FNOS/c1-9-4-5-19-15(9)14-8-12-7-10-6-11(16)2-3-13(10)17(14)18-12/h2-6,12,14H,7-8H2,1H3/t12-,14+/m0/s1.